The van der Waals surface area contributed by atoms with Gasteiger partial charge in [0, 0.05) is 6.04 Å². The summed E-state index contributed by atoms with van der Waals surface area (Å²) in [6.45, 7) is 2.21. The fourth-order valence-corrected chi connectivity index (χ4v) is 0.804. The van der Waals surface area contributed by atoms with Crippen molar-refractivity contribution in [2.24, 2.45) is 5.92 Å². The molecule has 0 aliphatic heterocycles. The molecule has 0 saturated carbocycles. The van der Waals surface area contributed by atoms with E-state index >= 15 is 0 Å². The maximum atomic E-state index is 3.16. The topological polar surface area (TPSA) is 12.0 Å². The Morgan fingerprint density at radius 1 is 1.43 bits per heavy atom. The first-order valence-corrected chi connectivity index (χ1v) is 2.70. The zero-order chi connectivity index (χ0) is 5.28. The zero-order valence-electron chi connectivity index (χ0n) is 4.81. The first-order chi connectivity index (χ1) is 3.34. The number of nitrogens with one attached hydrogen (secondary N) is 1. The minimum Gasteiger partial charge on any atom is -0.313 e. The number of hydrogen-bond donors (Lipinski definition) is 1. The molecular weight excluding hydrogens is 86.1 g/mol. The highest BCUT2D eigenvalue weighted by atomic mass is 14.9. The van der Waals surface area contributed by atoms with Gasteiger partial charge in [0.05, 0.1) is 0 Å². The van der Waals surface area contributed by atoms with E-state index in [1.165, 1.54) is 0 Å². The van der Waals surface area contributed by atoms with Crippen LogP contribution in [0.1, 0.15) is 6.92 Å². The third-order valence-electron chi connectivity index (χ3n) is 1.52. The molecule has 7 heavy (non-hydrogen) atoms. The summed E-state index contributed by atoms with van der Waals surface area (Å²) in [5, 5.41) is 3.16. The van der Waals surface area contributed by atoms with Gasteiger partial charge < -0.3 is 5.32 Å². The van der Waals surface area contributed by atoms with Gasteiger partial charge in [-0.25, -0.2) is 0 Å². The number of rotatable bonds is 1. The summed E-state index contributed by atoms with van der Waals surface area (Å²) >= 11 is 0. The molecule has 0 heterocycles. The first kappa shape index (κ1) is 4.85. The Hall–Kier alpha value is -0.300. The normalized spacial score (nSPS) is 38.0. The molecule has 1 N–H and O–H groups in total. The Labute approximate surface area is 44.4 Å². The molecule has 1 rings (SSSR count). The summed E-state index contributed by atoms with van der Waals surface area (Å²) in [5.74, 6) is 0.755. The van der Waals surface area contributed by atoms with E-state index in [-0.39, 0.29) is 0 Å². The average molecular weight is 97.2 g/mol. The highest BCUT2D eigenvalue weighted by Crippen LogP contribution is 2.15. The Balaban J connectivity index is 2.33. The molecule has 2 atom stereocenters. The average Bonchev–Trinajstić information content (AvgIpc) is 1.65. The van der Waals surface area contributed by atoms with Gasteiger partial charge in [-0.2, -0.15) is 0 Å². The van der Waals surface area contributed by atoms with Crippen LogP contribution in [-0.2, 0) is 0 Å². The van der Waals surface area contributed by atoms with Crippen molar-refractivity contribution in [2.45, 2.75) is 13.0 Å². The predicted molar refractivity (Wildman–Crippen MR) is 31.2 cm³/mol. The molecule has 0 aromatic heterocycles. The molecule has 1 heteroatoms. The Kier molecular flexibility index (Phi) is 1.15. The second kappa shape index (κ2) is 1.66. The van der Waals surface area contributed by atoms with Crippen LogP contribution < -0.4 is 5.32 Å². The maximum Gasteiger partial charge on any atom is 0.0307 e. The van der Waals surface area contributed by atoms with E-state index in [1.54, 1.807) is 0 Å². The quantitative estimate of drug-likeness (QED) is 0.477. The molecule has 0 spiro atoms. The van der Waals surface area contributed by atoms with Gasteiger partial charge in [-0.3, -0.25) is 0 Å². The van der Waals surface area contributed by atoms with Crippen molar-refractivity contribution >= 4 is 0 Å². The summed E-state index contributed by atoms with van der Waals surface area (Å²) in [4.78, 5) is 0. The molecule has 0 fully saturated rings. The van der Waals surface area contributed by atoms with Gasteiger partial charge in [0.1, 0.15) is 0 Å². The van der Waals surface area contributed by atoms with E-state index < -0.39 is 0 Å². The third-order valence-corrected chi connectivity index (χ3v) is 1.52. The van der Waals surface area contributed by atoms with Gasteiger partial charge in [0.25, 0.3) is 0 Å². The minimum absolute atomic E-state index is 0.653. The van der Waals surface area contributed by atoms with Crippen LogP contribution in [0.5, 0.6) is 0 Å². The van der Waals surface area contributed by atoms with Crippen molar-refractivity contribution in [3.63, 3.8) is 0 Å². The first-order valence-electron chi connectivity index (χ1n) is 2.70. The van der Waals surface area contributed by atoms with E-state index in [9.17, 15) is 0 Å². The van der Waals surface area contributed by atoms with E-state index in [0.29, 0.717) is 6.04 Å². The molecule has 0 amide bonds. The van der Waals surface area contributed by atoms with Gasteiger partial charge in [-0.1, -0.05) is 19.1 Å². The third kappa shape index (κ3) is 0.682. The molecule has 1 nitrogen and oxygen atoms in total. The summed E-state index contributed by atoms with van der Waals surface area (Å²) in [6.07, 6.45) is 4.39. The molecule has 2 unspecified atom stereocenters. The molecule has 0 bridgehead atoms. The van der Waals surface area contributed by atoms with Crippen molar-refractivity contribution in [3.05, 3.63) is 12.2 Å². The molecule has 0 aromatic carbocycles. The van der Waals surface area contributed by atoms with Gasteiger partial charge in [-0.05, 0) is 13.0 Å². The van der Waals surface area contributed by atoms with Crippen LogP contribution in [0.3, 0.4) is 0 Å². The Morgan fingerprint density at radius 2 is 2.14 bits per heavy atom. The van der Waals surface area contributed by atoms with E-state index in [4.69, 9.17) is 0 Å². The minimum atomic E-state index is 0.653. The van der Waals surface area contributed by atoms with Crippen LogP contribution in [0.2, 0.25) is 0 Å². The van der Waals surface area contributed by atoms with Crippen LogP contribution in [0.25, 0.3) is 0 Å². The van der Waals surface area contributed by atoms with Crippen LogP contribution >= 0.6 is 0 Å². The molecule has 0 saturated heterocycles. The maximum absolute atomic E-state index is 3.16. The second-order valence-corrected chi connectivity index (χ2v) is 2.06. The summed E-state index contributed by atoms with van der Waals surface area (Å²) in [6, 6.07) is 0.653. The van der Waals surface area contributed by atoms with Crippen LogP contribution in [0, 0.1) is 5.92 Å². The van der Waals surface area contributed by atoms with Gasteiger partial charge in [0.2, 0.25) is 0 Å². The summed E-state index contributed by atoms with van der Waals surface area (Å²) in [7, 11) is 1.99. The lowest BCUT2D eigenvalue weighted by Gasteiger charge is -2.24. The summed E-state index contributed by atoms with van der Waals surface area (Å²) < 4.78 is 0. The zero-order valence-corrected chi connectivity index (χ0v) is 4.81. The lowest BCUT2D eigenvalue weighted by Crippen LogP contribution is -2.34. The van der Waals surface area contributed by atoms with Crippen molar-refractivity contribution < 1.29 is 0 Å². The monoisotopic (exact) mass is 97.1 g/mol. The van der Waals surface area contributed by atoms with Crippen LogP contribution in [0.4, 0.5) is 0 Å². The fraction of sp³-hybridized carbons (Fsp3) is 0.667. The van der Waals surface area contributed by atoms with Crippen LogP contribution in [-0.4, -0.2) is 13.1 Å². The van der Waals surface area contributed by atoms with Crippen molar-refractivity contribution in [3.8, 4) is 0 Å². The van der Waals surface area contributed by atoms with E-state index in [1.807, 2.05) is 7.05 Å². The van der Waals surface area contributed by atoms with Crippen molar-refractivity contribution in [1.82, 2.24) is 5.32 Å². The summed E-state index contributed by atoms with van der Waals surface area (Å²) in [5.41, 5.74) is 0. The SMILES string of the molecule is CNC1C=CC1C. The van der Waals surface area contributed by atoms with E-state index in [2.05, 4.69) is 24.4 Å². The van der Waals surface area contributed by atoms with E-state index in [0.717, 1.165) is 5.92 Å². The number of hydrogen-bond acceptors (Lipinski definition) is 1. The molecular formula is C6H11N. The number of likely N-dealkylation sites (N-methyl/N-ethyl adjacent to an activating group) is 1. The lowest BCUT2D eigenvalue weighted by molar-refractivity contribution is 0.496. The largest absolute Gasteiger partial charge is 0.313 e. The standard InChI is InChI=1S/C6H11N/c1-5-3-4-6(5)7-2/h3-7H,1-2H3. The van der Waals surface area contributed by atoms with Crippen molar-refractivity contribution in [2.75, 3.05) is 7.05 Å². The Bertz CT molecular complexity index is 86.2. The molecule has 40 valence electrons. The molecule has 1 aliphatic carbocycles. The second-order valence-electron chi connectivity index (χ2n) is 2.06. The highest BCUT2D eigenvalue weighted by Gasteiger charge is 2.15. The van der Waals surface area contributed by atoms with Gasteiger partial charge in [0.15, 0.2) is 0 Å². The molecule has 0 aromatic rings. The smallest absolute Gasteiger partial charge is 0.0307 e. The molecule has 1 aliphatic rings. The van der Waals surface area contributed by atoms with Crippen LogP contribution in [0.15, 0.2) is 12.2 Å². The Morgan fingerprint density at radius 3 is 2.14 bits per heavy atom. The fourth-order valence-electron chi connectivity index (χ4n) is 0.804. The lowest BCUT2D eigenvalue weighted by atomic mass is 9.91. The van der Waals surface area contributed by atoms with Gasteiger partial charge >= 0.3 is 0 Å². The van der Waals surface area contributed by atoms with Crippen molar-refractivity contribution in [1.29, 1.82) is 0 Å². The predicted octanol–water partition coefficient (Wildman–Crippen LogP) is 0.780. The van der Waals surface area contributed by atoms with Gasteiger partial charge in [-0.15, -0.1) is 0 Å². The highest BCUT2D eigenvalue weighted by molar-refractivity contribution is 5.11. The molecule has 0 radical (unpaired) electrons.